The topological polar surface area (TPSA) is 46.6 Å². The van der Waals surface area contributed by atoms with E-state index in [1.165, 1.54) is 11.1 Å². The molecule has 0 N–H and O–H groups in total. The van der Waals surface area contributed by atoms with Gasteiger partial charge in [0.25, 0.3) is 0 Å². The van der Waals surface area contributed by atoms with Crippen molar-refractivity contribution in [2.75, 3.05) is 20.2 Å². The number of fused-ring (bicyclic) bond motifs is 1. The number of benzene rings is 2. The van der Waals surface area contributed by atoms with E-state index in [1.54, 1.807) is 23.5 Å². The molecule has 4 nitrogen and oxygen atoms in total. The highest BCUT2D eigenvalue weighted by atomic mass is 32.2. The molecule has 5 heteroatoms. The monoisotopic (exact) mass is 437 g/mol. The lowest BCUT2D eigenvalue weighted by atomic mass is 9.66. The molecule has 0 amide bonds. The molecule has 1 heterocycles. The zero-order valence-electron chi connectivity index (χ0n) is 18.4. The molecule has 1 saturated heterocycles. The van der Waals surface area contributed by atoms with Gasteiger partial charge in [-0.2, -0.15) is 4.31 Å². The normalized spacial score (nSPS) is 24.3. The van der Waals surface area contributed by atoms with Gasteiger partial charge >= 0.3 is 0 Å². The minimum Gasteiger partial charge on any atom is -0.377 e. The quantitative estimate of drug-likeness (QED) is 0.592. The van der Waals surface area contributed by atoms with E-state index in [0.29, 0.717) is 18.0 Å². The Morgan fingerprint density at radius 1 is 1.16 bits per heavy atom. The van der Waals surface area contributed by atoms with Crippen LogP contribution in [0.5, 0.6) is 0 Å². The highest BCUT2D eigenvalue weighted by Crippen LogP contribution is 2.47. The van der Waals surface area contributed by atoms with Crippen LogP contribution in [0.4, 0.5) is 0 Å². The highest BCUT2D eigenvalue weighted by molar-refractivity contribution is 7.89. The Labute approximate surface area is 186 Å². The van der Waals surface area contributed by atoms with Gasteiger partial charge in [0.1, 0.15) is 0 Å². The highest BCUT2D eigenvalue weighted by Gasteiger charge is 2.45. The van der Waals surface area contributed by atoms with Crippen molar-refractivity contribution in [1.29, 1.82) is 0 Å². The molecule has 4 rings (SSSR count). The molecule has 1 aliphatic carbocycles. The molecule has 0 spiro atoms. The number of rotatable bonds is 6. The van der Waals surface area contributed by atoms with Gasteiger partial charge in [-0.3, -0.25) is 0 Å². The van der Waals surface area contributed by atoms with Gasteiger partial charge in [0.15, 0.2) is 0 Å². The number of ether oxygens (including phenoxy) is 1. The van der Waals surface area contributed by atoms with Crippen LogP contribution in [0.2, 0.25) is 0 Å². The third kappa shape index (κ3) is 4.40. The van der Waals surface area contributed by atoms with E-state index < -0.39 is 10.0 Å². The Kier molecular flexibility index (Phi) is 6.20. The molecule has 31 heavy (non-hydrogen) atoms. The zero-order valence-corrected chi connectivity index (χ0v) is 19.2. The lowest BCUT2D eigenvalue weighted by molar-refractivity contribution is 0.0884. The number of methoxy groups -OCH3 is 1. The van der Waals surface area contributed by atoms with E-state index in [-0.39, 0.29) is 11.5 Å². The molecule has 0 radical (unpaired) electrons. The Morgan fingerprint density at radius 2 is 1.87 bits per heavy atom. The summed E-state index contributed by atoms with van der Waals surface area (Å²) in [6, 6.07) is 17.5. The van der Waals surface area contributed by atoms with Crippen molar-refractivity contribution in [3.8, 4) is 0 Å². The van der Waals surface area contributed by atoms with Crippen molar-refractivity contribution in [2.24, 2.45) is 5.41 Å². The van der Waals surface area contributed by atoms with E-state index in [4.69, 9.17) is 4.74 Å². The molecular weight excluding hydrogens is 406 g/mol. The van der Waals surface area contributed by atoms with Crippen molar-refractivity contribution >= 4 is 15.6 Å². The summed E-state index contributed by atoms with van der Waals surface area (Å²) < 4.78 is 34.3. The second kappa shape index (κ2) is 8.73. The van der Waals surface area contributed by atoms with Crippen LogP contribution in [0, 0.1) is 5.41 Å². The first-order valence-corrected chi connectivity index (χ1v) is 12.3. The van der Waals surface area contributed by atoms with Crippen molar-refractivity contribution in [3.05, 3.63) is 84.0 Å². The summed E-state index contributed by atoms with van der Waals surface area (Å²) in [7, 11) is -1.81. The summed E-state index contributed by atoms with van der Waals surface area (Å²) in [6.45, 7) is 6.87. The second-order valence-corrected chi connectivity index (χ2v) is 10.8. The molecule has 1 fully saturated rings. The van der Waals surface area contributed by atoms with Gasteiger partial charge < -0.3 is 4.74 Å². The molecule has 0 bridgehead atoms. The summed E-state index contributed by atoms with van der Waals surface area (Å²) in [5.74, 6) is 0. The van der Waals surface area contributed by atoms with E-state index >= 15 is 0 Å². The summed E-state index contributed by atoms with van der Waals surface area (Å²) in [5.41, 5.74) is 4.29. The maximum atomic E-state index is 13.5. The average Bonchev–Trinajstić information content (AvgIpc) is 2.79. The first-order chi connectivity index (χ1) is 14.8. The minimum atomic E-state index is -3.56. The van der Waals surface area contributed by atoms with Gasteiger partial charge in [0.05, 0.1) is 11.0 Å². The molecular formula is C26H31NO3S. The van der Waals surface area contributed by atoms with Crippen molar-refractivity contribution in [2.45, 2.75) is 43.6 Å². The standard InChI is InChI=1S/C26H31NO3S/c1-20(2)22-9-11-25(12-10-22)31(28,29)27-16-14-23-17-24(30-3)13-15-26(23,19-27)18-21-7-5-4-6-8-21/h4-12,17,24H,1,13-16,18-19H2,2-3H3/t24-,26-/m0/s1. The number of sulfonamides is 1. The lowest BCUT2D eigenvalue weighted by Gasteiger charge is -2.47. The SMILES string of the molecule is C=C(C)c1ccc(S(=O)(=O)N2CCC3=C[C@@H](OC)CC[C@]3(Cc3ccccc3)C2)cc1. The summed E-state index contributed by atoms with van der Waals surface area (Å²) in [5, 5.41) is 0. The fraction of sp³-hybridized carbons (Fsp3) is 0.385. The molecule has 2 aromatic carbocycles. The number of hydrogen-bond donors (Lipinski definition) is 0. The van der Waals surface area contributed by atoms with Crippen LogP contribution in [-0.2, 0) is 21.2 Å². The van der Waals surface area contributed by atoms with Gasteiger partial charge in [-0.1, -0.05) is 66.3 Å². The maximum absolute atomic E-state index is 13.5. The van der Waals surface area contributed by atoms with Crippen LogP contribution in [0.25, 0.3) is 5.57 Å². The van der Waals surface area contributed by atoms with Gasteiger partial charge in [-0.15, -0.1) is 0 Å². The number of hydrogen-bond acceptors (Lipinski definition) is 3. The fourth-order valence-corrected chi connectivity index (χ4v) is 6.48. The molecule has 2 atom stereocenters. The van der Waals surface area contributed by atoms with Gasteiger partial charge in [0.2, 0.25) is 10.0 Å². The molecule has 2 aromatic rings. The predicted octanol–water partition coefficient (Wildman–Crippen LogP) is 5.08. The molecule has 164 valence electrons. The number of piperidine rings is 1. The minimum absolute atomic E-state index is 0.122. The van der Waals surface area contributed by atoms with Crippen LogP contribution in [-0.4, -0.2) is 39.0 Å². The van der Waals surface area contributed by atoms with Crippen LogP contribution < -0.4 is 0 Å². The third-order valence-electron chi connectivity index (χ3n) is 6.76. The average molecular weight is 438 g/mol. The molecule has 0 unspecified atom stereocenters. The van der Waals surface area contributed by atoms with Crippen LogP contribution in [0.15, 0.2) is 77.7 Å². The summed E-state index contributed by atoms with van der Waals surface area (Å²) >= 11 is 0. The number of allylic oxidation sites excluding steroid dienone is 1. The second-order valence-electron chi connectivity index (χ2n) is 8.84. The third-order valence-corrected chi connectivity index (χ3v) is 8.62. The lowest BCUT2D eigenvalue weighted by Crippen LogP contribution is -2.50. The first kappa shape index (κ1) is 22.0. The van der Waals surface area contributed by atoms with Gasteiger partial charge in [-0.25, -0.2) is 8.42 Å². The van der Waals surface area contributed by atoms with Crippen LogP contribution in [0.1, 0.15) is 37.3 Å². The molecule has 0 saturated carbocycles. The van der Waals surface area contributed by atoms with Crippen LogP contribution >= 0.6 is 0 Å². The van der Waals surface area contributed by atoms with Gasteiger partial charge in [0, 0.05) is 25.6 Å². The Balaban J connectivity index is 1.66. The van der Waals surface area contributed by atoms with Crippen LogP contribution in [0.3, 0.4) is 0 Å². The Bertz CT molecular complexity index is 1070. The summed E-state index contributed by atoms with van der Waals surface area (Å²) in [4.78, 5) is 0.352. The smallest absolute Gasteiger partial charge is 0.243 e. The molecule has 2 aliphatic rings. The fourth-order valence-electron chi connectivity index (χ4n) is 4.95. The van der Waals surface area contributed by atoms with E-state index in [2.05, 4.69) is 36.9 Å². The number of nitrogens with zero attached hydrogens (tertiary/aromatic N) is 1. The first-order valence-electron chi connectivity index (χ1n) is 10.9. The van der Waals surface area contributed by atoms with Crippen molar-refractivity contribution < 1.29 is 13.2 Å². The molecule has 1 aliphatic heterocycles. The van der Waals surface area contributed by atoms with Gasteiger partial charge in [-0.05, 0) is 55.9 Å². The maximum Gasteiger partial charge on any atom is 0.243 e. The largest absolute Gasteiger partial charge is 0.377 e. The Morgan fingerprint density at radius 3 is 2.52 bits per heavy atom. The Hall–Kier alpha value is -2.21. The van der Waals surface area contributed by atoms with E-state index in [1.807, 2.05) is 25.1 Å². The van der Waals surface area contributed by atoms with Crippen molar-refractivity contribution in [3.63, 3.8) is 0 Å². The van der Waals surface area contributed by atoms with E-state index in [0.717, 1.165) is 36.8 Å². The molecule has 0 aromatic heterocycles. The van der Waals surface area contributed by atoms with Crippen molar-refractivity contribution in [1.82, 2.24) is 4.31 Å². The van der Waals surface area contributed by atoms with E-state index in [9.17, 15) is 8.42 Å². The zero-order chi connectivity index (χ0) is 22.1. The summed E-state index contributed by atoms with van der Waals surface area (Å²) in [6.07, 6.45) is 5.79. The predicted molar refractivity (Wildman–Crippen MR) is 125 cm³/mol.